The number of anilines is 1. The highest BCUT2D eigenvalue weighted by molar-refractivity contribution is 5.80. The van der Waals surface area contributed by atoms with Crippen molar-refractivity contribution in [2.45, 2.75) is 38.6 Å². The lowest BCUT2D eigenvalue weighted by atomic mass is 10.0. The van der Waals surface area contributed by atoms with Crippen molar-refractivity contribution in [1.29, 1.82) is 0 Å². The average Bonchev–Trinajstić information content (AvgIpc) is 3.13. The van der Waals surface area contributed by atoms with Crippen molar-refractivity contribution in [2.24, 2.45) is 5.92 Å². The SMILES string of the molecule is CC(C)[C@H](CO)n1c(C2CC2)nc2cc(N)ccc21. The highest BCUT2D eigenvalue weighted by Gasteiger charge is 2.32. The van der Waals surface area contributed by atoms with Crippen LogP contribution in [-0.4, -0.2) is 21.3 Å². The minimum Gasteiger partial charge on any atom is -0.399 e. The molecule has 1 aliphatic carbocycles. The van der Waals surface area contributed by atoms with Gasteiger partial charge in [-0.15, -0.1) is 0 Å². The molecule has 0 unspecified atom stereocenters. The number of imidazole rings is 1. The standard InChI is InChI=1S/C15H21N3O/c1-9(2)14(8-19)18-13-6-5-11(16)7-12(13)17-15(18)10-3-4-10/h5-7,9-10,14,19H,3-4,8,16H2,1-2H3/t14-/m0/s1. The molecule has 19 heavy (non-hydrogen) atoms. The van der Waals surface area contributed by atoms with Crippen LogP contribution in [0.3, 0.4) is 0 Å². The Morgan fingerprint density at radius 1 is 1.42 bits per heavy atom. The molecule has 1 aromatic carbocycles. The summed E-state index contributed by atoms with van der Waals surface area (Å²) in [6.07, 6.45) is 2.41. The van der Waals surface area contributed by atoms with E-state index in [1.54, 1.807) is 0 Å². The van der Waals surface area contributed by atoms with Gasteiger partial charge in [0.1, 0.15) is 5.82 Å². The predicted molar refractivity (Wildman–Crippen MR) is 77.1 cm³/mol. The molecule has 1 fully saturated rings. The summed E-state index contributed by atoms with van der Waals surface area (Å²) >= 11 is 0. The van der Waals surface area contributed by atoms with Crippen LogP contribution in [0.25, 0.3) is 11.0 Å². The van der Waals surface area contributed by atoms with E-state index < -0.39 is 0 Å². The van der Waals surface area contributed by atoms with Gasteiger partial charge in [-0.1, -0.05) is 13.8 Å². The van der Waals surface area contributed by atoms with E-state index in [1.165, 1.54) is 12.8 Å². The fourth-order valence-electron chi connectivity index (χ4n) is 2.70. The molecule has 0 bridgehead atoms. The first kappa shape index (κ1) is 12.5. The van der Waals surface area contributed by atoms with Crippen molar-refractivity contribution in [1.82, 2.24) is 9.55 Å². The molecule has 0 aliphatic heterocycles. The number of hydrogen-bond donors (Lipinski definition) is 2. The second kappa shape index (κ2) is 4.53. The van der Waals surface area contributed by atoms with E-state index >= 15 is 0 Å². The third kappa shape index (κ3) is 2.10. The monoisotopic (exact) mass is 259 g/mol. The molecule has 3 N–H and O–H groups in total. The van der Waals surface area contributed by atoms with Crippen molar-refractivity contribution in [3.05, 3.63) is 24.0 Å². The van der Waals surface area contributed by atoms with E-state index in [9.17, 15) is 5.11 Å². The summed E-state index contributed by atoms with van der Waals surface area (Å²) in [5, 5.41) is 9.74. The lowest BCUT2D eigenvalue weighted by Gasteiger charge is -2.23. The van der Waals surface area contributed by atoms with E-state index in [0.29, 0.717) is 11.8 Å². The van der Waals surface area contributed by atoms with Gasteiger partial charge in [0.15, 0.2) is 0 Å². The quantitative estimate of drug-likeness (QED) is 0.830. The van der Waals surface area contributed by atoms with Crippen LogP contribution in [-0.2, 0) is 0 Å². The van der Waals surface area contributed by atoms with Gasteiger partial charge in [0.25, 0.3) is 0 Å². The largest absolute Gasteiger partial charge is 0.399 e. The number of aliphatic hydroxyl groups is 1. The molecule has 2 aromatic rings. The summed E-state index contributed by atoms with van der Waals surface area (Å²) in [6, 6.07) is 5.94. The topological polar surface area (TPSA) is 64.1 Å². The highest BCUT2D eigenvalue weighted by Crippen LogP contribution is 2.42. The molecule has 4 nitrogen and oxygen atoms in total. The minimum atomic E-state index is 0.0872. The Labute approximate surface area is 113 Å². The Morgan fingerprint density at radius 2 is 2.16 bits per heavy atom. The number of nitrogen functional groups attached to an aromatic ring is 1. The molecule has 0 radical (unpaired) electrons. The molecule has 1 saturated carbocycles. The van der Waals surface area contributed by atoms with Gasteiger partial charge >= 0.3 is 0 Å². The van der Waals surface area contributed by atoms with Crippen LogP contribution >= 0.6 is 0 Å². The number of nitrogens with two attached hydrogens (primary N) is 1. The predicted octanol–water partition coefficient (Wildman–Crippen LogP) is 2.69. The number of aromatic nitrogens is 2. The molecular weight excluding hydrogens is 238 g/mol. The van der Waals surface area contributed by atoms with E-state index in [4.69, 9.17) is 10.7 Å². The average molecular weight is 259 g/mol. The Morgan fingerprint density at radius 3 is 2.74 bits per heavy atom. The van der Waals surface area contributed by atoms with Crippen LogP contribution in [0, 0.1) is 5.92 Å². The number of fused-ring (bicyclic) bond motifs is 1. The molecule has 1 aromatic heterocycles. The lowest BCUT2D eigenvalue weighted by molar-refractivity contribution is 0.193. The first-order valence-corrected chi connectivity index (χ1v) is 7.00. The summed E-state index contributed by atoms with van der Waals surface area (Å²) in [5.74, 6) is 2.05. The first-order chi connectivity index (χ1) is 9.11. The van der Waals surface area contributed by atoms with E-state index in [2.05, 4.69) is 18.4 Å². The fourth-order valence-corrected chi connectivity index (χ4v) is 2.70. The van der Waals surface area contributed by atoms with Gasteiger partial charge in [0.05, 0.1) is 23.7 Å². The maximum absolute atomic E-state index is 9.74. The van der Waals surface area contributed by atoms with Crippen molar-refractivity contribution in [2.75, 3.05) is 12.3 Å². The number of benzene rings is 1. The highest BCUT2D eigenvalue weighted by atomic mass is 16.3. The van der Waals surface area contributed by atoms with Crippen LogP contribution in [0.4, 0.5) is 5.69 Å². The molecule has 0 saturated heterocycles. The van der Waals surface area contributed by atoms with E-state index in [0.717, 1.165) is 22.5 Å². The number of hydrogen-bond acceptors (Lipinski definition) is 3. The molecular formula is C15H21N3O. The van der Waals surface area contributed by atoms with Crippen LogP contribution < -0.4 is 5.73 Å². The minimum absolute atomic E-state index is 0.0872. The smallest absolute Gasteiger partial charge is 0.113 e. The first-order valence-electron chi connectivity index (χ1n) is 7.00. The zero-order valence-corrected chi connectivity index (χ0v) is 11.5. The Balaban J connectivity index is 2.21. The van der Waals surface area contributed by atoms with Crippen molar-refractivity contribution in [3.63, 3.8) is 0 Å². The summed E-state index contributed by atoms with van der Waals surface area (Å²) < 4.78 is 2.23. The second-order valence-corrected chi connectivity index (χ2v) is 5.86. The zero-order valence-electron chi connectivity index (χ0n) is 11.5. The normalized spacial score (nSPS) is 17.3. The summed E-state index contributed by atoms with van der Waals surface area (Å²) in [4.78, 5) is 4.76. The maximum Gasteiger partial charge on any atom is 0.113 e. The molecule has 4 heteroatoms. The van der Waals surface area contributed by atoms with E-state index in [1.807, 2.05) is 18.2 Å². The van der Waals surface area contributed by atoms with Gasteiger partial charge in [-0.3, -0.25) is 0 Å². The maximum atomic E-state index is 9.74. The number of aliphatic hydroxyl groups excluding tert-OH is 1. The van der Waals surface area contributed by atoms with Crippen LogP contribution in [0.15, 0.2) is 18.2 Å². The van der Waals surface area contributed by atoms with Crippen molar-refractivity contribution >= 4 is 16.7 Å². The molecule has 1 heterocycles. The molecule has 1 aliphatic rings. The molecule has 1 atom stereocenters. The third-order valence-electron chi connectivity index (χ3n) is 3.97. The van der Waals surface area contributed by atoms with Gasteiger partial charge in [-0.2, -0.15) is 0 Å². The molecule has 0 amide bonds. The van der Waals surface area contributed by atoms with E-state index in [-0.39, 0.29) is 12.6 Å². The summed E-state index contributed by atoms with van der Waals surface area (Å²) in [7, 11) is 0. The number of rotatable bonds is 4. The van der Waals surface area contributed by atoms with Crippen molar-refractivity contribution < 1.29 is 5.11 Å². The van der Waals surface area contributed by atoms with Gasteiger partial charge in [-0.25, -0.2) is 4.98 Å². The van der Waals surface area contributed by atoms with Crippen LogP contribution in [0.5, 0.6) is 0 Å². The summed E-state index contributed by atoms with van der Waals surface area (Å²) in [5.41, 5.74) is 8.62. The van der Waals surface area contributed by atoms with Crippen LogP contribution in [0.1, 0.15) is 44.5 Å². The molecule has 0 spiro atoms. The van der Waals surface area contributed by atoms with Gasteiger partial charge in [-0.05, 0) is 37.0 Å². The Bertz CT molecular complexity index is 599. The fraction of sp³-hybridized carbons (Fsp3) is 0.533. The zero-order chi connectivity index (χ0) is 13.6. The number of nitrogens with zero attached hydrogens (tertiary/aromatic N) is 2. The Hall–Kier alpha value is -1.55. The van der Waals surface area contributed by atoms with Gasteiger partial charge in [0.2, 0.25) is 0 Å². The Kier molecular flexibility index (Phi) is 2.97. The van der Waals surface area contributed by atoms with Gasteiger partial charge in [0, 0.05) is 11.6 Å². The van der Waals surface area contributed by atoms with Gasteiger partial charge < -0.3 is 15.4 Å². The lowest BCUT2D eigenvalue weighted by Crippen LogP contribution is -2.21. The second-order valence-electron chi connectivity index (χ2n) is 5.86. The molecule has 3 rings (SSSR count). The third-order valence-corrected chi connectivity index (χ3v) is 3.97. The molecule has 102 valence electrons. The van der Waals surface area contributed by atoms with Crippen LogP contribution in [0.2, 0.25) is 0 Å². The van der Waals surface area contributed by atoms with Crippen molar-refractivity contribution in [3.8, 4) is 0 Å². The summed E-state index contributed by atoms with van der Waals surface area (Å²) in [6.45, 7) is 4.43.